The Hall–Kier alpha value is -5.25. The highest BCUT2D eigenvalue weighted by molar-refractivity contribution is 7.99. The summed E-state index contributed by atoms with van der Waals surface area (Å²) in [5.41, 5.74) is -0.494. The summed E-state index contributed by atoms with van der Waals surface area (Å²) in [6.07, 6.45) is -4.59. The summed E-state index contributed by atoms with van der Waals surface area (Å²) in [6, 6.07) is -3.91. The fourth-order valence-corrected chi connectivity index (χ4v) is 8.25. The molecule has 9 atom stereocenters. The first kappa shape index (κ1) is 43.9. The van der Waals surface area contributed by atoms with Crippen molar-refractivity contribution in [1.29, 1.82) is 0 Å². The van der Waals surface area contributed by atoms with Crippen molar-refractivity contribution in [3.8, 4) is 0 Å². The number of para-hydroxylation sites is 1. The normalized spacial score (nSPS) is 29.0. The van der Waals surface area contributed by atoms with Crippen LogP contribution in [0.1, 0.15) is 53.0 Å². The Labute approximate surface area is 337 Å². The molecule has 58 heavy (non-hydrogen) atoms. The van der Waals surface area contributed by atoms with E-state index in [-0.39, 0.29) is 31.6 Å². The molecule has 1 saturated heterocycles. The largest absolute Gasteiger partial charge is 0.479 e. The summed E-state index contributed by atoms with van der Waals surface area (Å²) in [4.78, 5) is 114. The van der Waals surface area contributed by atoms with E-state index in [0.29, 0.717) is 21.5 Å². The molecule has 4 heterocycles. The number of amides is 7. The van der Waals surface area contributed by atoms with Crippen molar-refractivity contribution in [1.82, 2.24) is 41.8 Å². The highest BCUT2D eigenvalue weighted by Crippen LogP contribution is 2.32. The summed E-state index contributed by atoms with van der Waals surface area (Å²) < 4.78 is 0. The summed E-state index contributed by atoms with van der Waals surface area (Å²) in [5, 5.41) is 57.9. The Kier molecular flexibility index (Phi) is 13.4. The molecule has 9 unspecified atom stereocenters. The molecule has 0 spiro atoms. The molecule has 5 rings (SSSR count). The number of nitrogens with one attached hydrogen (secondary N) is 7. The molecule has 20 nitrogen and oxygen atoms in total. The highest BCUT2D eigenvalue weighted by Gasteiger charge is 2.45. The lowest BCUT2D eigenvalue weighted by atomic mass is 9.96. The van der Waals surface area contributed by atoms with Gasteiger partial charge in [-0.1, -0.05) is 32.0 Å². The molecule has 2 aromatic rings. The number of aromatic amines is 1. The number of carbonyl (C=O) groups is 8. The van der Waals surface area contributed by atoms with Gasteiger partial charge in [-0.15, -0.1) is 11.8 Å². The minimum atomic E-state index is -2.55. The zero-order chi connectivity index (χ0) is 42.8. The quantitative estimate of drug-likeness (QED) is 0.143. The molecular weight excluding hydrogens is 781 g/mol. The van der Waals surface area contributed by atoms with Crippen LogP contribution in [0.25, 0.3) is 10.9 Å². The predicted molar refractivity (Wildman–Crippen MR) is 206 cm³/mol. The first-order valence-electron chi connectivity index (χ1n) is 18.8. The second-order valence-electron chi connectivity index (χ2n) is 15.8. The van der Waals surface area contributed by atoms with E-state index in [1.807, 2.05) is 0 Å². The number of carboxylic acids is 1. The van der Waals surface area contributed by atoms with E-state index in [2.05, 4.69) is 36.9 Å². The maximum absolute atomic E-state index is 14.4. The van der Waals surface area contributed by atoms with E-state index in [4.69, 9.17) is 0 Å². The van der Waals surface area contributed by atoms with Crippen LogP contribution in [0, 0.1) is 5.92 Å². The highest BCUT2D eigenvalue weighted by atomic mass is 32.2. The first-order chi connectivity index (χ1) is 27.1. The summed E-state index contributed by atoms with van der Waals surface area (Å²) in [5.74, 6) is -9.71. The number of aliphatic carboxylic acids is 1. The number of benzene rings is 1. The number of aliphatic hydroxyl groups is 3. The van der Waals surface area contributed by atoms with Gasteiger partial charge in [0, 0.05) is 42.5 Å². The van der Waals surface area contributed by atoms with Gasteiger partial charge in [0.2, 0.25) is 41.4 Å². The monoisotopic (exact) mass is 830 g/mol. The van der Waals surface area contributed by atoms with Gasteiger partial charge >= 0.3 is 5.97 Å². The number of fused-ring (bicyclic) bond motifs is 5. The van der Waals surface area contributed by atoms with Gasteiger partial charge in [-0.25, -0.2) is 4.79 Å². The number of thioether (sulfide) groups is 1. The maximum Gasteiger partial charge on any atom is 0.335 e. The summed E-state index contributed by atoms with van der Waals surface area (Å²) in [6.45, 7) is 6.81. The maximum atomic E-state index is 14.4. The fraction of sp³-hybridized carbons (Fsp3) is 0.568. The number of aliphatic hydroxyl groups excluding tert-OH is 2. The zero-order valence-electron chi connectivity index (χ0n) is 32.5. The van der Waals surface area contributed by atoms with E-state index in [9.17, 15) is 58.8 Å². The third-order valence-corrected chi connectivity index (χ3v) is 11.3. The van der Waals surface area contributed by atoms with Crippen molar-refractivity contribution in [2.24, 2.45) is 5.92 Å². The van der Waals surface area contributed by atoms with Gasteiger partial charge < -0.3 is 62.2 Å². The Morgan fingerprint density at radius 2 is 1.50 bits per heavy atom. The van der Waals surface area contributed by atoms with Crippen LogP contribution in [0.15, 0.2) is 29.3 Å². The average Bonchev–Trinajstić information content (AvgIpc) is 3.71. The van der Waals surface area contributed by atoms with Crippen LogP contribution in [-0.2, 0) is 44.8 Å². The number of carbonyl (C=O) groups excluding carboxylic acids is 7. The van der Waals surface area contributed by atoms with Gasteiger partial charge in [0.1, 0.15) is 42.3 Å². The lowest BCUT2D eigenvalue weighted by Crippen LogP contribution is -2.64. The van der Waals surface area contributed by atoms with Crippen LogP contribution in [-0.4, -0.2) is 150 Å². The molecule has 1 fully saturated rings. The summed E-state index contributed by atoms with van der Waals surface area (Å²) >= 11 is 1.00. The molecule has 3 aliphatic rings. The van der Waals surface area contributed by atoms with E-state index in [1.54, 1.807) is 24.3 Å². The Balaban J connectivity index is 1.73. The predicted octanol–water partition coefficient (Wildman–Crippen LogP) is -3.02. The lowest BCUT2D eigenvalue weighted by Gasteiger charge is -2.31. The third kappa shape index (κ3) is 10.1. The number of H-pyrrole nitrogens is 1. The molecule has 1 aromatic carbocycles. The van der Waals surface area contributed by atoms with Crippen LogP contribution in [0.4, 0.5) is 0 Å². The molecule has 21 heteroatoms. The van der Waals surface area contributed by atoms with Crippen LogP contribution >= 0.6 is 11.8 Å². The van der Waals surface area contributed by atoms with Gasteiger partial charge in [0.05, 0.1) is 16.7 Å². The second kappa shape index (κ2) is 17.7. The Morgan fingerprint density at radius 1 is 0.862 bits per heavy atom. The zero-order valence-corrected chi connectivity index (χ0v) is 33.3. The number of hydrogen-bond acceptors (Lipinski definition) is 12. The molecule has 1 aromatic heterocycles. The molecule has 11 N–H and O–H groups in total. The van der Waals surface area contributed by atoms with Crippen LogP contribution < -0.4 is 31.9 Å². The SMILES string of the molecule is CC1NC(=O)C2CC(O)CN2C(=O)C2CSc3[nH]c4ccccc4c3CC(NC1=O)C(=O)NC(CC(C)(C)O)C(=O)NC(C(C)C)C(=O)NC(C(O)C(=O)O)C(=O)N2. The summed E-state index contributed by atoms with van der Waals surface area (Å²) in [7, 11) is 0. The Morgan fingerprint density at radius 3 is 2.16 bits per heavy atom. The van der Waals surface area contributed by atoms with Crippen molar-refractivity contribution < 1.29 is 58.8 Å². The van der Waals surface area contributed by atoms with Gasteiger partial charge in [-0.2, -0.15) is 0 Å². The lowest BCUT2D eigenvalue weighted by molar-refractivity contribution is -0.152. The van der Waals surface area contributed by atoms with Gasteiger partial charge in [0.25, 0.3) is 0 Å². The van der Waals surface area contributed by atoms with Crippen LogP contribution in [0.3, 0.4) is 0 Å². The van der Waals surface area contributed by atoms with Gasteiger partial charge in [-0.3, -0.25) is 33.6 Å². The van der Waals surface area contributed by atoms with Crippen LogP contribution in [0.2, 0.25) is 0 Å². The molecule has 316 valence electrons. The molecular formula is C37H50N8O12S. The van der Waals surface area contributed by atoms with Crippen molar-refractivity contribution >= 4 is 70.0 Å². The van der Waals surface area contributed by atoms with E-state index < -0.39 is 113 Å². The van der Waals surface area contributed by atoms with Gasteiger partial charge in [-0.05, 0) is 38.3 Å². The molecule has 0 radical (unpaired) electrons. The molecule has 0 saturated carbocycles. The number of nitrogens with zero attached hydrogens (tertiary/aromatic N) is 1. The average molecular weight is 831 g/mol. The standard InChI is InChI=1S/C37H50N8O12S/c1-15(2)25-32(52)44-26(27(47)36(55)56)33(53)41-23-14-58-34-19(18-8-6-7-9-20(18)42-34)11-21(29(49)40-22(30(50)43-25)12-37(4,5)57)39-28(48)16(3)38-31(51)24-10-17(46)13-45(24)35(23)54/h6-9,15-17,21-27,42,46-47,57H,10-14H2,1-5H3,(H,38,51)(H,39,48)(H,40,49)(H,41,53)(H,43,50)(H,44,52)(H,55,56). The number of aromatic nitrogens is 1. The van der Waals surface area contributed by atoms with Crippen molar-refractivity contribution in [3.63, 3.8) is 0 Å². The molecule has 3 aliphatic heterocycles. The molecule has 2 bridgehead atoms. The van der Waals surface area contributed by atoms with Crippen molar-refractivity contribution in [3.05, 3.63) is 29.8 Å². The topological polar surface area (TPSA) is 309 Å². The van der Waals surface area contributed by atoms with Gasteiger partial charge in [0.15, 0.2) is 6.10 Å². The van der Waals surface area contributed by atoms with Crippen molar-refractivity contribution in [2.75, 3.05) is 12.3 Å². The smallest absolute Gasteiger partial charge is 0.335 e. The van der Waals surface area contributed by atoms with Crippen molar-refractivity contribution in [2.45, 2.75) is 119 Å². The second-order valence-corrected chi connectivity index (χ2v) is 16.8. The van der Waals surface area contributed by atoms with E-state index in [1.165, 1.54) is 34.6 Å². The van der Waals surface area contributed by atoms with E-state index >= 15 is 0 Å². The number of rotatable bonds is 5. The molecule has 7 amide bonds. The molecule has 0 aliphatic carbocycles. The number of hydrogen-bond donors (Lipinski definition) is 11. The van der Waals surface area contributed by atoms with Crippen LogP contribution in [0.5, 0.6) is 0 Å². The minimum absolute atomic E-state index is 0.211. The first-order valence-corrected chi connectivity index (χ1v) is 19.8. The fourth-order valence-electron chi connectivity index (χ4n) is 7.14. The van der Waals surface area contributed by atoms with E-state index in [0.717, 1.165) is 16.7 Å². The Bertz CT molecular complexity index is 1970. The number of carboxylic acid groups (broad SMARTS) is 1. The minimum Gasteiger partial charge on any atom is -0.479 e. The third-order valence-electron chi connectivity index (χ3n) is 10.2.